The van der Waals surface area contributed by atoms with Gasteiger partial charge in [0.15, 0.2) is 0 Å². The van der Waals surface area contributed by atoms with Gasteiger partial charge in [-0.3, -0.25) is 4.79 Å². The van der Waals surface area contributed by atoms with Gasteiger partial charge >= 0.3 is 0 Å². The molecule has 0 atom stereocenters. The quantitative estimate of drug-likeness (QED) is 0.764. The molecule has 0 heterocycles. The Kier molecular flexibility index (Phi) is 6.70. The van der Waals surface area contributed by atoms with Crippen LogP contribution in [-0.4, -0.2) is 34.0 Å². The summed E-state index contributed by atoms with van der Waals surface area (Å²) < 4.78 is 45.4. The van der Waals surface area contributed by atoms with Crippen LogP contribution < -0.4 is 14.4 Å². The van der Waals surface area contributed by atoms with E-state index in [2.05, 4.69) is 4.72 Å². The second kappa shape index (κ2) is 8.77. The van der Waals surface area contributed by atoms with Gasteiger partial charge < -0.3 is 9.64 Å². The number of benzene rings is 2. The van der Waals surface area contributed by atoms with E-state index in [0.29, 0.717) is 18.0 Å². The zero-order valence-electron chi connectivity index (χ0n) is 14.6. The lowest BCUT2D eigenvalue weighted by atomic mass is 10.2. The fourth-order valence-electron chi connectivity index (χ4n) is 2.35. The van der Waals surface area contributed by atoms with Crippen molar-refractivity contribution in [3.05, 3.63) is 54.3 Å². The van der Waals surface area contributed by atoms with Crippen molar-refractivity contribution < 1.29 is 22.3 Å². The molecule has 8 heteroatoms. The van der Waals surface area contributed by atoms with Crippen LogP contribution in [0.2, 0.25) is 0 Å². The Morgan fingerprint density at radius 3 is 2.27 bits per heavy atom. The molecule has 0 aliphatic rings. The molecule has 1 N–H and O–H groups in total. The van der Waals surface area contributed by atoms with Crippen LogP contribution in [0.15, 0.2) is 53.4 Å². The highest BCUT2D eigenvalue weighted by Crippen LogP contribution is 2.17. The zero-order chi connectivity index (χ0) is 19.2. The summed E-state index contributed by atoms with van der Waals surface area (Å²) in [4.78, 5) is 13.3. The topological polar surface area (TPSA) is 75.7 Å². The summed E-state index contributed by atoms with van der Waals surface area (Å²) in [6.45, 7) is 3.84. The molecule has 6 nitrogen and oxygen atoms in total. The van der Waals surface area contributed by atoms with Gasteiger partial charge in [-0.1, -0.05) is 0 Å². The molecule has 0 saturated carbocycles. The van der Waals surface area contributed by atoms with Gasteiger partial charge in [-0.25, -0.2) is 17.5 Å². The van der Waals surface area contributed by atoms with Crippen molar-refractivity contribution in [3.63, 3.8) is 0 Å². The highest BCUT2D eigenvalue weighted by Gasteiger charge is 2.16. The minimum Gasteiger partial charge on any atom is -0.494 e. The first-order valence-electron chi connectivity index (χ1n) is 8.09. The fraction of sp³-hybridized carbons (Fsp3) is 0.278. The fourth-order valence-corrected chi connectivity index (χ4v) is 3.37. The Bertz CT molecular complexity index is 836. The lowest BCUT2D eigenvalue weighted by Gasteiger charge is -2.21. The molecule has 0 aromatic heterocycles. The number of rotatable bonds is 8. The highest BCUT2D eigenvalue weighted by molar-refractivity contribution is 7.89. The van der Waals surface area contributed by atoms with E-state index in [-0.39, 0.29) is 23.9 Å². The van der Waals surface area contributed by atoms with Crippen molar-refractivity contribution >= 4 is 21.6 Å². The van der Waals surface area contributed by atoms with Crippen molar-refractivity contribution in [1.29, 1.82) is 0 Å². The number of anilines is 1. The summed E-state index contributed by atoms with van der Waals surface area (Å²) >= 11 is 0. The smallest absolute Gasteiger partial charge is 0.240 e. The van der Waals surface area contributed by atoms with Gasteiger partial charge in [-0.05, 0) is 55.5 Å². The summed E-state index contributed by atoms with van der Waals surface area (Å²) in [5.74, 6) is -0.0872. The van der Waals surface area contributed by atoms with E-state index in [0.717, 1.165) is 0 Å². The minimum absolute atomic E-state index is 0.0203. The second-order valence-electron chi connectivity index (χ2n) is 5.45. The molecule has 0 fully saturated rings. The number of carbonyl (C=O) groups excluding carboxylic acids is 1. The predicted octanol–water partition coefficient (Wildman–Crippen LogP) is 2.56. The van der Waals surface area contributed by atoms with Crippen LogP contribution in [0.5, 0.6) is 5.75 Å². The number of carbonyl (C=O) groups is 1. The minimum atomic E-state index is -3.71. The molecular formula is C18H21FN2O4S. The predicted molar refractivity (Wildman–Crippen MR) is 97.2 cm³/mol. The van der Waals surface area contributed by atoms with Crippen LogP contribution in [0.3, 0.4) is 0 Å². The highest BCUT2D eigenvalue weighted by atomic mass is 32.2. The number of nitrogens with one attached hydrogen (secondary N) is 1. The molecule has 0 radical (unpaired) electrons. The second-order valence-corrected chi connectivity index (χ2v) is 7.22. The molecular weight excluding hydrogens is 359 g/mol. The summed E-state index contributed by atoms with van der Waals surface area (Å²) in [7, 11) is -3.71. The Labute approximate surface area is 152 Å². The van der Waals surface area contributed by atoms with Gasteiger partial charge in [0, 0.05) is 25.7 Å². The van der Waals surface area contributed by atoms with Crippen molar-refractivity contribution in [1.82, 2.24) is 4.72 Å². The van der Waals surface area contributed by atoms with E-state index in [4.69, 9.17) is 4.74 Å². The number of halogens is 1. The zero-order valence-corrected chi connectivity index (χ0v) is 15.4. The molecule has 26 heavy (non-hydrogen) atoms. The van der Waals surface area contributed by atoms with E-state index in [1.807, 2.05) is 6.92 Å². The third-order valence-corrected chi connectivity index (χ3v) is 5.07. The third kappa shape index (κ3) is 5.27. The molecule has 0 unspecified atom stereocenters. The Hall–Kier alpha value is -2.45. The summed E-state index contributed by atoms with van der Waals surface area (Å²) in [6.07, 6.45) is 0. The molecule has 2 aromatic carbocycles. The van der Waals surface area contributed by atoms with Crippen LogP contribution >= 0.6 is 0 Å². The first-order chi connectivity index (χ1) is 12.3. The number of amides is 1. The van der Waals surface area contributed by atoms with Crippen LogP contribution in [0.1, 0.15) is 13.8 Å². The molecule has 2 rings (SSSR count). The molecule has 0 aliphatic carbocycles. The van der Waals surface area contributed by atoms with Gasteiger partial charge in [0.05, 0.1) is 11.5 Å². The SMILES string of the molecule is CCOc1ccc(S(=O)(=O)NCCN(C(C)=O)c2ccc(F)cc2)cc1. The molecule has 0 bridgehead atoms. The summed E-state index contributed by atoms with van der Waals surface area (Å²) in [5.41, 5.74) is 0.499. The van der Waals surface area contributed by atoms with E-state index in [1.165, 1.54) is 48.2 Å². The molecule has 2 aromatic rings. The van der Waals surface area contributed by atoms with E-state index in [1.54, 1.807) is 12.1 Å². The molecule has 1 amide bonds. The van der Waals surface area contributed by atoms with Crippen molar-refractivity contribution in [2.24, 2.45) is 0 Å². The Balaban J connectivity index is 2.01. The van der Waals surface area contributed by atoms with E-state index >= 15 is 0 Å². The first-order valence-corrected chi connectivity index (χ1v) is 9.58. The molecule has 140 valence electrons. The lowest BCUT2D eigenvalue weighted by molar-refractivity contribution is -0.116. The average molecular weight is 380 g/mol. The summed E-state index contributed by atoms with van der Waals surface area (Å²) in [5, 5.41) is 0. The number of sulfonamides is 1. The van der Waals surface area contributed by atoms with Crippen LogP contribution in [0.25, 0.3) is 0 Å². The van der Waals surface area contributed by atoms with Gasteiger partial charge in [0.2, 0.25) is 15.9 Å². The largest absolute Gasteiger partial charge is 0.494 e. The lowest BCUT2D eigenvalue weighted by Crippen LogP contribution is -2.37. The average Bonchev–Trinajstić information content (AvgIpc) is 2.60. The van der Waals surface area contributed by atoms with Gasteiger partial charge in [0.25, 0.3) is 0 Å². The molecule has 0 aliphatic heterocycles. The molecule has 0 saturated heterocycles. The number of hydrogen-bond acceptors (Lipinski definition) is 4. The normalized spacial score (nSPS) is 11.2. The van der Waals surface area contributed by atoms with Crippen molar-refractivity contribution in [2.75, 3.05) is 24.6 Å². The monoisotopic (exact) mass is 380 g/mol. The number of ether oxygens (including phenoxy) is 1. The third-order valence-electron chi connectivity index (χ3n) is 3.59. The van der Waals surface area contributed by atoms with Crippen LogP contribution in [0, 0.1) is 5.82 Å². The first kappa shape index (κ1) is 19.9. The Morgan fingerprint density at radius 2 is 1.73 bits per heavy atom. The van der Waals surface area contributed by atoms with E-state index < -0.39 is 15.8 Å². The van der Waals surface area contributed by atoms with Crippen molar-refractivity contribution in [3.8, 4) is 5.75 Å². The van der Waals surface area contributed by atoms with Crippen LogP contribution in [-0.2, 0) is 14.8 Å². The number of nitrogens with zero attached hydrogens (tertiary/aromatic N) is 1. The van der Waals surface area contributed by atoms with E-state index in [9.17, 15) is 17.6 Å². The van der Waals surface area contributed by atoms with Gasteiger partial charge in [-0.2, -0.15) is 0 Å². The Morgan fingerprint density at radius 1 is 1.12 bits per heavy atom. The van der Waals surface area contributed by atoms with Gasteiger partial charge in [0.1, 0.15) is 11.6 Å². The maximum Gasteiger partial charge on any atom is 0.240 e. The number of hydrogen-bond donors (Lipinski definition) is 1. The van der Waals surface area contributed by atoms with Crippen LogP contribution in [0.4, 0.5) is 10.1 Å². The maximum atomic E-state index is 13.0. The maximum absolute atomic E-state index is 13.0. The summed E-state index contributed by atoms with van der Waals surface area (Å²) in [6, 6.07) is 11.5. The standard InChI is InChI=1S/C18H21FN2O4S/c1-3-25-17-8-10-18(11-9-17)26(23,24)20-12-13-21(14(2)22)16-6-4-15(19)5-7-16/h4-11,20H,3,12-13H2,1-2H3. The van der Waals surface area contributed by atoms with Gasteiger partial charge in [-0.15, -0.1) is 0 Å². The molecule has 0 spiro atoms. The van der Waals surface area contributed by atoms with Crippen molar-refractivity contribution in [2.45, 2.75) is 18.7 Å².